The third-order valence-electron chi connectivity index (χ3n) is 5.03. The molecule has 0 aliphatic rings. The number of carbonyl (C=O) groups excluding carboxylic acids is 1. The Morgan fingerprint density at radius 3 is 1.86 bits per heavy atom. The first-order valence-corrected chi connectivity index (χ1v) is 9.85. The van der Waals surface area contributed by atoms with Gasteiger partial charge in [-0.1, -0.05) is 72.8 Å². The number of aryl methyl sites for hydroxylation is 2. The molecule has 150 valence electrons. The standard InChI is InChI=1S/C25H28N2O2/c1-19-14-15-20(2)24(21(19)3)29-18-26-25(28)27(16-22-10-6-4-7-11-22)17-23-12-8-5-9-13-23/h4-15H,16-18H2,1-3H3,(H,26,28). The molecule has 0 saturated carbocycles. The van der Waals surface area contributed by atoms with Crippen LogP contribution in [0.3, 0.4) is 0 Å². The fourth-order valence-corrected chi connectivity index (χ4v) is 3.24. The molecule has 3 aromatic carbocycles. The molecule has 0 aliphatic carbocycles. The molecule has 0 spiro atoms. The molecular formula is C25H28N2O2. The minimum Gasteiger partial charge on any atom is -0.473 e. The van der Waals surface area contributed by atoms with E-state index < -0.39 is 0 Å². The first-order valence-electron chi connectivity index (χ1n) is 9.85. The largest absolute Gasteiger partial charge is 0.473 e. The molecule has 4 nitrogen and oxygen atoms in total. The number of hydrogen-bond acceptors (Lipinski definition) is 2. The molecule has 0 heterocycles. The maximum Gasteiger partial charge on any atom is 0.320 e. The molecular weight excluding hydrogens is 360 g/mol. The topological polar surface area (TPSA) is 41.6 Å². The van der Waals surface area contributed by atoms with Crippen LogP contribution in [0.5, 0.6) is 5.75 Å². The highest BCUT2D eigenvalue weighted by molar-refractivity contribution is 5.74. The van der Waals surface area contributed by atoms with E-state index in [1.165, 1.54) is 5.56 Å². The zero-order valence-electron chi connectivity index (χ0n) is 17.3. The van der Waals surface area contributed by atoms with E-state index in [1.807, 2.05) is 80.6 Å². The monoisotopic (exact) mass is 388 g/mol. The molecule has 1 N–H and O–H groups in total. The van der Waals surface area contributed by atoms with Crippen LogP contribution < -0.4 is 10.1 Å². The number of ether oxygens (including phenoxy) is 1. The highest BCUT2D eigenvalue weighted by Gasteiger charge is 2.15. The number of hydrogen-bond donors (Lipinski definition) is 1. The Hall–Kier alpha value is -3.27. The maximum absolute atomic E-state index is 12.9. The van der Waals surface area contributed by atoms with Gasteiger partial charge >= 0.3 is 6.03 Å². The van der Waals surface area contributed by atoms with Gasteiger partial charge in [0.2, 0.25) is 0 Å². The molecule has 0 saturated heterocycles. The Bertz CT molecular complexity index is 898. The summed E-state index contributed by atoms with van der Waals surface area (Å²) in [6.07, 6.45) is 0. The minimum atomic E-state index is -0.152. The predicted octanol–water partition coefficient (Wildman–Crippen LogP) is 5.36. The first-order chi connectivity index (χ1) is 14.0. The summed E-state index contributed by atoms with van der Waals surface area (Å²) in [4.78, 5) is 14.7. The van der Waals surface area contributed by atoms with E-state index in [2.05, 4.69) is 18.3 Å². The Balaban J connectivity index is 1.67. The number of amides is 2. The summed E-state index contributed by atoms with van der Waals surface area (Å²) < 4.78 is 5.91. The fourth-order valence-electron chi connectivity index (χ4n) is 3.24. The molecule has 3 aromatic rings. The maximum atomic E-state index is 12.9. The van der Waals surface area contributed by atoms with Crippen molar-refractivity contribution in [3.05, 3.63) is 101 Å². The average molecular weight is 389 g/mol. The fraction of sp³-hybridized carbons (Fsp3) is 0.240. The minimum absolute atomic E-state index is 0.129. The summed E-state index contributed by atoms with van der Waals surface area (Å²) in [5, 5.41) is 2.91. The van der Waals surface area contributed by atoms with E-state index in [0.29, 0.717) is 13.1 Å². The van der Waals surface area contributed by atoms with Crippen LogP contribution in [0.15, 0.2) is 72.8 Å². The average Bonchev–Trinajstić information content (AvgIpc) is 2.74. The highest BCUT2D eigenvalue weighted by Crippen LogP contribution is 2.25. The van der Waals surface area contributed by atoms with Gasteiger partial charge in [-0.3, -0.25) is 0 Å². The molecule has 0 aromatic heterocycles. The lowest BCUT2D eigenvalue weighted by atomic mass is 10.1. The summed E-state index contributed by atoms with van der Waals surface area (Å²) in [7, 11) is 0. The second-order valence-corrected chi connectivity index (χ2v) is 7.25. The number of nitrogens with zero attached hydrogens (tertiary/aromatic N) is 1. The van der Waals surface area contributed by atoms with Crippen LogP contribution in [0.1, 0.15) is 27.8 Å². The van der Waals surface area contributed by atoms with Gasteiger partial charge in [0.25, 0.3) is 0 Å². The van der Waals surface area contributed by atoms with Crippen LogP contribution in [0.2, 0.25) is 0 Å². The van der Waals surface area contributed by atoms with E-state index in [0.717, 1.165) is 28.0 Å². The smallest absolute Gasteiger partial charge is 0.320 e. The van der Waals surface area contributed by atoms with Crippen LogP contribution in [-0.2, 0) is 13.1 Å². The summed E-state index contributed by atoms with van der Waals surface area (Å²) in [6, 6.07) is 24.0. The van der Waals surface area contributed by atoms with E-state index in [-0.39, 0.29) is 12.8 Å². The molecule has 0 fully saturated rings. The lowest BCUT2D eigenvalue weighted by molar-refractivity contribution is 0.179. The summed E-state index contributed by atoms with van der Waals surface area (Å²) >= 11 is 0. The van der Waals surface area contributed by atoms with Crippen molar-refractivity contribution >= 4 is 6.03 Å². The lowest BCUT2D eigenvalue weighted by Gasteiger charge is -2.24. The number of rotatable bonds is 7. The van der Waals surface area contributed by atoms with Crippen LogP contribution in [-0.4, -0.2) is 17.7 Å². The number of nitrogens with one attached hydrogen (secondary N) is 1. The normalized spacial score (nSPS) is 10.4. The molecule has 0 bridgehead atoms. The van der Waals surface area contributed by atoms with E-state index in [4.69, 9.17) is 4.74 Å². The predicted molar refractivity (Wildman–Crippen MR) is 117 cm³/mol. The summed E-state index contributed by atoms with van der Waals surface area (Å²) in [5.41, 5.74) is 5.51. The van der Waals surface area contributed by atoms with Gasteiger partial charge < -0.3 is 15.0 Å². The van der Waals surface area contributed by atoms with Crippen molar-refractivity contribution in [3.8, 4) is 5.75 Å². The Kier molecular flexibility index (Phi) is 6.90. The van der Waals surface area contributed by atoms with Gasteiger partial charge in [-0.2, -0.15) is 0 Å². The second-order valence-electron chi connectivity index (χ2n) is 7.25. The summed E-state index contributed by atoms with van der Waals surface area (Å²) in [5.74, 6) is 0.836. The second kappa shape index (κ2) is 9.78. The van der Waals surface area contributed by atoms with Gasteiger partial charge in [-0.15, -0.1) is 0 Å². The molecule has 2 amide bonds. The van der Waals surface area contributed by atoms with Crippen molar-refractivity contribution in [2.24, 2.45) is 0 Å². The van der Waals surface area contributed by atoms with Crippen molar-refractivity contribution in [2.45, 2.75) is 33.9 Å². The number of urea groups is 1. The zero-order valence-corrected chi connectivity index (χ0v) is 17.3. The van der Waals surface area contributed by atoms with Crippen LogP contribution in [0, 0.1) is 20.8 Å². The van der Waals surface area contributed by atoms with E-state index in [9.17, 15) is 4.79 Å². The van der Waals surface area contributed by atoms with E-state index in [1.54, 1.807) is 4.90 Å². The van der Waals surface area contributed by atoms with Crippen molar-refractivity contribution in [1.29, 1.82) is 0 Å². The van der Waals surface area contributed by atoms with Gasteiger partial charge in [0.15, 0.2) is 6.73 Å². The van der Waals surface area contributed by atoms with Gasteiger partial charge in [-0.05, 0) is 48.6 Å². The molecule has 4 heteroatoms. The van der Waals surface area contributed by atoms with Crippen molar-refractivity contribution in [1.82, 2.24) is 10.2 Å². The third kappa shape index (κ3) is 5.61. The first kappa shape index (κ1) is 20.5. The van der Waals surface area contributed by atoms with Crippen LogP contribution >= 0.6 is 0 Å². The number of carbonyl (C=O) groups is 1. The quantitative estimate of drug-likeness (QED) is 0.554. The van der Waals surface area contributed by atoms with Crippen LogP contribution in [0.25, 0.3) is 0 Å². The molecule has 3 rings (SSSR count). The van der Waals surface area contributed by atoms with Crippen molar-refractivity contribution in [2.75, 3.05) is 6.73 Å². The Labute approximate surface area is 173 Å². The third-order valence-corrected chi connectivity index (χ3v) is 5.03. The Morgan fingerprint density at radius 1 is 0.793 bits per heavy atom. The van der Waals surface area contributed by atoms with Crippen molar-refractivity contribution in [3.63, 3.8) is 0 Å². The molecule has 29 heavy (non-hydrogen) atoms. The summed E-state index contributed by atoms with van der Waals surface area (Å²) in [6.45, 7) is 7.30. The van der Waals surface area contributed by atoms with Gasteiger partial charge in [-0.25, -0.2) is 4.79 Å². The van der Waals surface area contributed by atoms with E-state index >= 15 is 0 Å². The Morgan fingerprint density at radius 2 is 1.31 bits per heavy atom. The van der Waals surface area contributed by atoms with Gasteiger partial charge in [0.1, 0.15) is 5.75 Å². The molecule has 0 aliphatic heterocycles. The van der Waals surface area contributed by atoms with Gasteiger partial charge in [0.05, 0.1) is 0 Å². The highest BCUT2D eigenvalue weighted by atomic mass is 16.5. The SMILES string of the molecule is Cc1ccc(C)c(OCNC(=O)N(Cc2ccccc2)Cc2ccccc2)c1C. The lowest BCUT2D eigenvalue weighted by Crippen LogP contribution is -2.40. The number of benzene rings is 3. The van der Waals surface area contributed by atoms with Crippen molar-refractivity contribution < 1.29 is 9.53 Å². The molecule has 0 atom stereocenters. The molecule has 0 radical (unpaired) electrons. The zero-order chi connectivity index (χ0) is 20.6. The van der Waals surface area contributed by atoms with Gasteiger partial charge in [0, 0.05) is 13.1 Å². The molecule has 0 unspecified atom stereocenters. The van der Waals surface area contributed by atoms with Crippen LogP contribution in [0.4, 0.5) is 4.79 Å².